The highest BCUT2D eigenvalue weighted by Crippen LogP contribution is 2.55. The molecule has 0 aliphatic heterocycles. The fraction of sp³-hybridized carbons (Fsp3) is 1.00. The predicted molar refractivity (Wildman–Crippen MR) is 53.9 cm³/mol. The molecule has 1 heteroatoms. The second-order valence-corrected chi connectivity index (χ2v) is 4.74. The minimum atomic E-state index is 0.206. The molecule has 0 heterocycles. The van der Waals surface area contributed by atoms with E-state index in [1.165, 1.54) is 19.3 Å². The highest BCUT2D eigenvalue weighted by molar-refractivity contribution is 5.14. The molecular weight excluding hydrogens is 146 g/mol. The molecule has 0 amide bonds. The fourth-order valence-corrected chi connectivity index (χ4v) is 2.97. The average Bonchev–Trinajstić information content (AvgIpc) is 2.52. The third-order valence-corrected chi connectivity index (χ3v) is 3.40. The van der Waals surface area contributed by atoms with Gasteiger partial charge in [-0.3, -0.25) is 0 Å². The van der Waals surface area contributed by atoms with Gasteiger partial charge in [-0.1, -0.05) is 40.5 Å². The summed E-state index contributed by atoms with van der Waals surface area (Å²) in [5, 5.41) is 0. The van der Waals surface area contributed by atoms with Crippen LogP contribution >= 0.6 is 0 Å². The lowest BCUT2D eigenvalue weighted by Crippen LogP contribution is -2.28. The number of hydrogen-bond donors (Lipinski definition) is 1. The summed E-state index contributed by atoms with van der Waals surface area (Å²) < 4.78 is 0. The Morgan fingerprint density at radius 2 is 1.58 bits per heavy atom. The topological polar surface area (TPSA) is 26.0 Å². The van der Waals surface area contributed by atoms with E-state index in [0.29, 0.717) is 0 Å². The molecule has 0 spiro atoms. The summed E-state index contributed by atoms with van der Waals surface area (Å²) in [7, 11) is 0. The molecule has 0 aromatic rings. The minimum Gasteiger partial charge on any atom is -0.325 e. The molecular formula is C11H23N. The Hall–Kier alpha value is -0.0400. The van der Waals surface area contributed by atoms with Gasteiger partial charge in [0.05, 0.1) is 0 Å². The molecule has 1 saturated carbocycles. The van der Waals surface area contributed by atoms with Crippen LogP contribution in [0.1, 0.15) is 47.0 Å². The third-order valence-electron chi connectivity index (χ3n) is 3.40. The zero-order chi connectivity index (χ0) is 9.35. The predicted octanol–water partition coefficient (Wildman–Crippen LogP) is 2.80. The smallest absolute Gasteiger partial charge is 0.0220 e. The van der Waals surface area contributed by atoms with Crippen LogP contribution in [-0.4, -0.2) is 5.54 Å². The Morgan fingerprint density at radius 1 is 1.17 bits per heavy atom. The lowest BCUT2D eigenvalue weighted by atomic mass is 9.98. The van der Waals surface area contributed by atoms with E-state index in [-0.39, 0.29) is 5.54 Å². The average molecular weight is 169 g/mol. The van der Waals surface area contributed by atoms with Gasteiger partial charge in [-0.2, -0.15) is 0 Å². The first-order chi connectivity index (χ1) is 5.56. The third kappa shape index (κ3) is 1.52. The van der Waals surface area contributed by atoms with Gasteiger partial charge in [-0.05, 0) is 24.2 Å². The Labute approximate surface area is 76.7 Å². The van der Waals surface area contributed by atoms with Crippen molar-refractivity contribution in [1.29, 1.82) is 0 Å². The van der Waals surface area contributed by atoms with Gasteiger partial charge < -0.3 is 5.73 Å². The maximum atomic E-state index is 6.36. The van der Waals surface area contributed by atoms with Crippen LogP contribution in [0.25, 0.3) is 0 Å². The van der Waals surface area contributed by atoms with Crippen molar-refractivity contribution in [2.45, 2.75) is 52.5 Å². The highest BCUT2D eigenvalue weighted by atomic mass is 14.9. The quantitative estimate of drug-likeness (QED) is 0.688. The Kier molecular flexibility index (Phi) is 2.82. The molecule has 1 nitrogen and oxygen atoms in total. The Bertz CT molecular complexity index is 141. The molecule has 2 N–H and O–H groups in total. The molecule has 0 radical (unpaired) electrons. The largest absolute Gasteiger partial charge is 0.325 e. The lowest BCUT2D eigenvalue weighted by molar-refractivity contribution is 0.434. The molecule has 0 bridgehead atoms. The fourth-order valence-electron chi connectivity index (χ4n) is 2.97. The first-order valence-electron chi connectivity index (χ1n) is 5.35. The Balaban J connectivity index is 2.50. The van der Waals surface area contributed by atoms with E-state index >= 15 is 0 Å². The molecule has 0 aromatic carbocycles. The minimum absolute atomic E-state index is 0.206. The van der Waals surface area contributed by atoms with Gasteiger partial charge in [0.2, 0.25) is 0 Å². The van der Waals surface area contributed by atoms with Crippen molar-refractivity contribution in [1.82, 2.24) is 0 Å². The van der Waals surface area contributed by atoms with E-state index < -0.39 is 0 Å². The van der Waals surface area contributed by atoms with E-state index in [2.05, 4.69) is 27.7 Å². The van der Waals surface area contributed by atoms with E-state index in [4.69, 9.17) is 5.73 Å². The SMILES string of the molecule is CCC1C(CC)C1(N)CC(C)C. The van der Waals surface area contributed by atoms with Crippen LogP contribution in [0.15, 0.2) is 0 Å². The van der Waals surface area contributed by atoms with Crippen LogP contribution in [0.2, 0.25) is 0 Å². The number of nitrogens with two attached hydrogens (primary N) is 1. The molecule has 2 unspecified atom stereocenters. The molecule has 0 saturated heterocycles. The van der Waals surface area contributed by atoms with Crippen molar-refractivity contribution in [3.63, 3.8) is 0 Å². The van der Waals surface area contributed by atoms with E-state index in [0.717, 1.165) is 17.8 Å². The van der Waals surface area contributed by atoms with Crippen molar-refractivity contribution < 1.29 is 0 Å². The standard InChI is InChI=1S/C11H23N/c1-5-9-10(6-2)11(9,12)7-8(3)4/h8-10H,5-7,12H2,1-4H3. The van der Waals surface area contributed by atoms with Crippen molar-refractivity contribution in [3.8, 4) is 0 Å². The molecule has 1 fully saturated rings. The summed E-state index contributed by atoms with van der Waals surface area (Å²) in [5.41, 5.74) is 6.56. The first-order valence-corrected chi connectivity index (χ1v) is 5.35. The van der Waals surface area contributed by atoms with Crippen LogP contribution in [0.5, 0.6) is 0 Å². The van der Waals surface area contributed by atoms with Gasteiger partial charge in [0, 0.05) is 5.54 Å². The lowest BCUT2D eigenvalue weighted by Gasteiger charge is -2.14. The van der Waals surface area contributed by atoms with E-state index in [1.807, 2.05) is 0 Å². The summed E-state index contributed by atoms with van der Waals surface area (Å²) in [6.07, 6.45) is 3.74. The molecule has 1 aliphatic rings. The maximum absolute atomic E-state index is 6.36. The van der Waals surface area contributed by atoms with E-state index in [1.54, 1.807) is 0 Å². The van der Waals surface area contributed by atoms with Crippen LogP contribution in [0, 0.1) is 17.8 Å². The summed E-state index contributed by atoms with van der Waals surface area (Å²) in [6.45, 7) is 9.07. The van der Waals surface area contributed by atoms with Gasteiger partial charge in [0.25, 0.3) is 0 Å². The molecule has 12 heavy (non-hydrogen) atoms. The maximum Gasteiger partial charge on any atom is 0.0220 e. The summed E-state index contributed by atoms with van der Waals surface area (Å²) in [4.78, 5) is 0. The molecule has 1 rings (SSSR count). The number of rotatable bonds is 4. The van der Waals surface area contributed by atoms with Crippen molar-refractivity contribution in [3.05, 3.63) is 0 Å². The van der Waals surface area contributed by atoms with Crippen molar-refractivity contribution in [2.75, 3.05) is 0 Å². The van der Waals surface area contributed by atoms with Crippen molar-refractivity contribution in [2.24, 2.45) is 23.5 Å². The number of hydrogen-bond acceptors (Lipinski definition) is 1. The van der Waals surface area contributed by atoms with Gasteiger partial charge >= 0.3 is 0 Å². The second-order valence-electron chi connectivity index (χ2n) is 4.74. The molecule has 0 aromatic heterocycles. The summed E-state index contributed by atoms with van der Waals surface area (Å²) >= 11 is 0. The summed E-state index contributed by atoms with van der Waals surface area (Å²) in [5.74, 6) is 2.37. The highest BCUT2D eigenvalue weighted by Gasteiger charge is 2.58. The zero-order valence-electron chi connectivity index (χ0n) is 8.93. The van der Waals surface area contributed by atoms with Crippen molar-refractivity contribution >= 4 is 0 Å². The first kappa shape index (κ1) is 10.0. The van der Waals surface area contributed by atoms with Crippen LogP contribution in [-0.2, 0) is 0 Å². The van der Waals surface area contributed by atoms with Crippen LogP contribution in [0.4, 0.5) is 0 Å². The van der Waals surface area contributed by atoms with Crippen LogP contribution < -0.4 is 5.73 Å². The summed E-state index contributed by atoms with van der Waals surface area (Å²) in [6, 6.07) is 0. The van der Waals surface area contributed by atoms with E-state index in [9.17, 15) is 0 Å². The van der Waals surface area contributed by atoms with Gasteiger partial charge in [0.1, 0.15) is 0 Å². The normalized spacial score (nSPS) is 40.5. The molecule has 2 atom stereocenters. The van der Waals surface area contributed by atoms with Gasteiger partial charge in [-0.25, -0.2) is 0 Å². The van der Waals surface area contributed by atoms with Gasteiger partial charge in [-0.15, -0.1) is 0 Å². The zero-order valence-corrected chi connectivity index (χ0v) is 8.93. The second kappa shape index (κ2) is 3.37. The van der Waals surface area contributed by atoms with Gasteiger partial charge in [0.15, 0.2) is 0 Å². The van der Waals surface area contributed by atoms with Crippen LogP contribution in [0.3, 0.4) is 0 Å². The molecule has 1 aliphatic carbocycles. The monoisotopic (exact) mass is 169 g/mol. The Morgan fingerprint density at radius 3 is 1.83 bits per heavy atom. The molecule has 72 valence electrons.